The maximum Gasteiger partial charge on any atom is 0.308 e. The molecule has 2 atom stereocenters. The smallest absolute Gasteiger partial charge is 0.308 e. The number of para-hydroxylation sites is 1. The van der Waals surface area contributed by atoms with E-state index in [0.717, 1.165) is 16.8 Å². The largest absolute Gasteiger partial charge is 0.481 e. The normalized spacial score (nSPS) is 20.2. The Kier molecular flexibility index (Phi) is 4.76. The minimum Gasteiger partial charge on any atom is -0.481 e. The molecule has 1 aromatic heterocycles. The average Bonchev–Trinajstić information content (AvgIpc) is 2.94. The van der Waals surface area contributed by atoms with E-state index < -0.39 is 29.4 Å². The van der Waals surface area contributed by atoms with Crippen molar-refractivity contribution < 1.29 is 23.5 Å². The first-order valence-electron chi connectivity index (χ1n) is 8.30. The lowest BCUT2D eigenvalue weighted by Crippen LogP contribution is -2.45. The van der Waals surface area contributed by atoms with Crippen LogP contribution in [0.5, 0.6) is 0 Å². The molecule has 26 heavy (non-hydrogen) atoms. The lowest BCUT2D eigenvalue weighted by molar-refractivity contribution is -0.143. The van der Waals surface area contributed by atoms with Crippen LogP contribution in [0.4, 0.5) is 8.78 Å². The summed E-state index contributed by atoms with van der Waals surface area (Å²) in [7, 11) is 0. The highest BCUT2D eigenvalue weighted by Gasteiger charge is 2.33. The predicted molar refractivity (Wildman–Crippen MR) is 89.0 cm³/mol. The molecular formula is C18H19F2N3O3. The van der Waals surface area contributed by atoms with E-state index in [1.165, 1.54) is 17.2 Å². The van der Waals surface area contributed by atoms with Crippen molar-refractivity contribution in [2.45, 2.75) is 20.3 Å². The number of halogens is 2. The second kappa shape index (κ2) is 6.86. The van der Waals surface area contributed by atoms with Crippen LogP contribution in [-0.4, -0.2) is 44.8 Å². The Morgan fingerprint density at radius 2 is 1.88 bits per heavy atom. The Labute approximate surface area is 149 Å². The van der Waals surface area contributed by atoms with Gasteiger partial charge in [0.15, 0.2) is 17.3 Å². The lowest BCUT2D eigenvalue weighted by atomic mass is 9.90. The molecule has 0 saturated carbocycles. The topological polar surface area (TPSA) is 75.4 Å². The number of carboxylic acid groups (broad SMARTS) is 1. The molecule has 1 aliphatic heterocycles. The van der Waals surface area contributed by atoms with Gasteiger partial charge in [0, 0.05) is 24.8 Å². The number of aryl methyl sites for hydroxylation is 1. The van der Waals surface area contributed by atoms with Crippen molar-refractivity contribution in [2.24, 2.45) is 11.8 Å². The fourth-order valence-electron chi connectivity index (χ4n) is 3.34. The molecule has 1 N–H and O–H groups in total. The van der Waals surface area contributed by atoms with E-state index in [9.17, 15) is 23.5 Å². The number of hydrogen-bond acceptors (Lipinski definition) is 3. The molecule has 2 unspecified atom stereocenters. The Morgan fingerprint density at radius 1 is 1.23 bits per heavy atom. The maximum absolute atomic E-state index is 14.0. The Bertz CT molecular complexity index is 845. The highest BCUT2D eigenvalue weighted by Crippen LogP contribution is 2.25. The number of benzene rings is 1. The second-order valence-corrected chi connectivity index (χ2v) is 6.76. The van der Waals surface area contributed by atoms with Gasteiger partial charge in [0.25, 0.3) is 5.91 Å². The van der Waals surface area contributed by atoms with E-state index in [1.54, 1.807) is 6.92 Å². The van der Waals surface area contributed by atoms with Crippen LogP contribution in [0.15, 0.2) is 24.4 Å². The molecule has 0 radical (unpaired) electrons. The van der Waals surface area contributed by atoms with Crippen molar-refractivity contribution >= 4 is 11.9 Å². The quantitative estimate of drug-likeness (QED) is 0.910. The van der Waals surface area contributed by atoms with Crippen LogP contribution in [-0.2, 0) is 4.79 Å². The summed E-state index contributed by atoms with van der Waals surface area (Å²) < 4.78 is 28.9. The van der Waals surface area contributed by atoms with Gasteiger partial charge in [0.2, 0.25) is 0 Å². The average molecular weight is 363 g/mol. The summed E-state index contributed by atoms with van der Waals surface area (Å²) >= 11 is 0. The molecule has 1 saturated heterocycles. The van der Waals surface area contributed by atoms with Crippen molar-refractivity contribution in [2.75, 3.05) is 13.1 Å². The van der Waals surface area contributed by atoms with Crippen molar-refractivity contribution in [3.05, 3.63) is 47.3 Å². The van der Waals surface area contributed by atoms with Crippen molar-refractivity contribution in [1.82, 2.24) is 14.7 Å². The minimum atomic E-state index is -0.940. The lowest BCUT2D eigenvalue weighted by Gasteiger charge is -2.34. The molecule has 0 spiro atoms. The Balaban J connectivity index is 1.92. The summed E-state index contributed by atoms with van der Waals surface area (Å²) in [5.74, 6) is -3.54. The zero-order chi connectivity index (χ0) is 19.0. The monoisotopic (exact) mass is 363 g/mol. The highest BCUT2D eigenvalue weighted by atomic mass is 19.1. The number of piperidine rings is 1. The first-order chi connectivity index (χ1) is 12.3. The summed E-state index contributed by atoms with van der Waals surface area (Å²) in [5, 5.41) is 13.3. The SMILES string of the molecule is Cc1cn(-c2c(F)cccc2F)nc1C(=O)N1CC(C)CC(C(=O)O)C1. The zero-order valence-electron chi connectivity index (χ0n) is 14.4. The number of rotatable bonds is 3. The minimum absolute atomic E-state index is 0.0419. The van der Waals surface area contributed by atoms with Crippen molar-refractivity contribution in [3.8, 4) is 5.69 Å². The molecule has 6 nitrogen and oxygen atoms in total. The van der Waals surface area contributed by atoms with Crippen LogP contribution in [0.25, 0.3) is 5.69 Å². The molecule has 2 aromatic rings. The standard InChI is InChI=1S/C18H19F2N3O3/c1-10-6-12(18(25)26)9-22(7-10)17(24)15-11(2)8-23(21-15)16-13(19)4-3-5-14(16)20/h3-5,8,10,12H,6-7,9H2,1-2H3,(H,25,26). The Morgan fingerprint density at radius 3 is 2.50 bits per heavy atom. The van der Waals surface area contributed by atoms with Gasteiger partial charge in [-0.3, -0.25) is 9.59 Å². The van der Waals surface area contributed by atoms with E-state index in [-0.39, 0.29) is 23.8 Å². The van der Waals surface area contributed by atoms with Gasteiger partial charge in [0.05, 0.1) is 5.92 Å². The van der Waals surface area contributed by atoms with Gasteiger partial charge in [-0.2, -0.15) is 5.10 Å². The zero-order valence-corrected chi connectivity index (χ0v) is 14.4. The van der Waals surface area contributed by atoms with Crippen LogP contribution in [0.2, 0.25) is 0 Å². The van der Waals surface area contributed by atoms with Crippen LogP contribution in [0.3, 0.4) is 0 Å². The number of nitrogens with zero attached hydrogens (tertiary/aromatic N) is 3. The van der Waals surface area contributed by atoms with E-state index in [4.69, 9.17) is 0 Å². The predicted octanol–water partition coefficient (Wildman–Crippen LogP) is 2.64. The molecule has 2 heterocycles. The number of carboxylic acids is 1. The summed E-state index contributed by atoms with van der Waals surface area (Å²) in [6, 6.07) is 3.47. The van der Waals surface area contributed by atoms with Crippen LogP contribution in [0.1, 0.15) is 29.4 Å². The van der Waals surface area contributed by atoms with Gasteiger partial charge in [-0.1, -0.05) is 13.0 Å². The number of likely N-dealkylation sites (tertiary alicyclic amines) is 1. The fourth-order valence-corrected chi connectivity index (χ4v) is 3.34. The van der Waals surface area contributed by atoms with Gasteiger partial charge in [0.1, 0.15) is 5.69 Å². The molecule has 1 aromatic carbocycles. The molecule has 3 rings (SSSR count). The third-order valence-electron chi connectivity index (χ3n) is 4.56. The van der Waals surface area contributed by atoms with Crippen molar-refractivity contribution in [1.29, 1.82) is 0 Å². The molecule has 1 amide bonds. The highest BCUT2D eigenvalue weighted by molar-refractivity contribution is 5.94. The van der Waals surface area contributed by atoms with Crippen LogP contribution in [0, 0.1) is 30.4 Å². The van der Waals surface area contributed by atoms with E-state index in [0.29, 0.717) is 18.5 Å². The number of hydrogen-bond donors (Lipinski definition) is 1. The van der Waals surface area contributed by atoms with Gasteiger partial charge in [-0.15, -0.1) is 0 Å². The van der Waals surface area contributed by atoms with Gasteiger partial charge in [-0.25, -0.2) is 13.5 Å². The van der Waals surface area contributed by atoms with E-state index in [1.807, 2.05) is 6.92 Å². The summed E-state index contributed by atoms with van der Waals surface area (Å²) in [4.78, 5) is 25.6. The molecule has 1 fully saturated rings. The molecule has 0 bridgehead atoms. The van der Waals surface area contributed by atoms with Crippen molar-refractivity contribution in [3.63, 3.8) is 0 Å². The number of amides is 1. The third kappa shape index (κ3) is 3.31. The number of aliphatic carboxylic acids is 1. The maximum atomic E-state index is 14.0. The number of carbonyl (C=O) groups excluding carboxylic acids is 1. The van der Waals surface area contributed by atoms with Gasteiger partial charge in [-0.05, 0) is 31.4 Å². The molecule has 138 valence electrons. The first-order valence-corrected chi connectivity index (χ1v) is 8.30. The van der Waals surface area contributed by atoms with E-state index in [2.05, 4.69) is 5.10 Å². The number of carbonyl (C=O) groups is 2. The molecule has 8 heteroatoms. The Hall–Kier alpha value is -2.77. The molecule has 1 aliphatic rings. The summed E-state index contributed by atoms with van der Waals surface area (Å²) in [6.07, 6.45) is 1.89. The second-order valence-electron chi connectivity index (χ2n) is 6.76. The summed E-state index contributed by atoms with van der Waals surface area (Å²) in [5.41, 5.74) is 0.165. The van der Waals surface area contributed by atoms with E-state index >= 15 is 0 Å². The van der Waals surface area contributed by atoms with Gasteiger partial charge >= 0.3 is 5.97 Å². The summed E-state index contributed by atoms with van der Waals surface area (Å²) in [6.45, 7) is 4.02. The van der Waals surface area contributed by atoms with Crippen LogP contribution >= 0.6 is 0 Å². The molecular weight excluding hydrogens is 344 g/mol. The fraction of sp³-hybridized carbons (Fsp3) is 0.389. The van der Waals surface area contributed by atoms with Crippen LogP contribution < -0.4 is 0 Å². The third-order valence-corrected chi connectivity index (χ3v) is 4.56. The first kappa shape index (κ1) is 18.0. The number of aromatic nitrogens is 2. The van der Waals surface area contributed by atoms with Gasteiger partial charge < -0.3 is 10.0 Å². The molecule has 0 aliphatic carbocycles.